The van der Waals surface area contributed by atoms with Crippen molar-refractivity contribution in [2.24, 2.45) is 0 Å². The number of amides is 1. The number of aromatic nitrogens is 3. The number of likely N-dealkylation sites (tertiary alicyclic amines) is 1. The van der Waals surface area contributed by atoms with Gasteiger partial charge >= 0.3 is 5.97 Å². The van der Waals surface area contributed by atoms with E-state index in [1.165, 1.54) is 17.2 Å². The van der Waals surface area contributed by atoms with Gasteiger partial charge in [0.2, 0.25) is 10.9 Å². The SMILES string of the molecule is CN1CCC(O)(c2cc(-c3cccc(-c4cnc(Cl)nc4C(=O)O)c3)no2)C1=O. The van der Waals surface area contributed by atoms with Crippen molar-refractivity contribution in [1.29, 1.82) is 0 Å². The molecule has 0 spiro atoms. The Kier molecular flexibility index (Phi) is 4.56. The van der Waals surface area contributed by atoms with Gasteiger partial charge in [0, 0.05) is 43.4 Å². The third-order valence-electron chi connectivity index (χ3n) is 4.86. The Bertz CT molecular complexity index is 1130. The lowest BCUT2D eigenvalue weighted by molar-refractivity contribution is -0.144. The van der Waals surface area contributed by atoms with Crippen LogP contribution in [0.15, 0.2) is 41.1 Å². The second-order valence-electron chi connectivity index (χ2n) is 6.70. The average Bonchev–Trinajstić information content (AvgIpc) is 3.30. The van der Waals surface area contributed by atoms with Crippen molar-refractivity contribution in [3.63, 3.8) is 0 Å². The Hall–Kier alpha value is -3.30. The molecule has 1 atom stereocenters. The highest BCUT2D eigenvalue weighted by Crippen LogP contribution is 2.35. The third kappa shape index (κ3) is 3.24. The first-order chi connectivity index (χ1) is 13.8. The average molecular weight is 415 g/mol. The van der Waals surface area contributed by atoms with Crippen molar-refractivity contribution in [2.75, 3.05) is 13.6 Å². The van der Waals surface area contributed by atoms with E-state index in [2.05, 4.69) is 15.1 Å². The third-order valence-corrected chi connectivity index (χ3v) is 5.04. The van der Waals surface area contributed by atoms with Crippen molar-refractivity contribution in [1.82, 2.24) is 20.0 Å². The zero-order valence-electron chi connectivity index (χ0n) is 15.2. The summed E-state index contributed by atoms with van der Waals surface area (Å²) in [4.78, 5) is 32.8. The first kappa shape index (κ1) is 19.0. The molecule has 9 nitrogen and oxygen atoms in total. The molecule has 0 radical (unpaired) electrons. The molecular weight excluding hydrogens is 400 g/mol. The van der Waals surface area contributed by atoms with Crippen LogP contribution in [-0.4, -0.2) is 55.7 Å². The van der Waals surface area contributed by atoms with Gasteiger partial charge in [-0.3, -0.25) is 4.79 Å². The number of aromatic carboxylic acids is 1. The van der Waals surface area contributed by atoms with Crippen LogP contribution in [0.1, 0.15) is 22.7 Å². The van der Waals surface area contributed by atoms with Crippen LogP contribution in [0.25, 0.3) is 22.4 Å². The van der Waals surface area contributed by atoms with Gasteiger partial charge in [0.25, 0.3) is 5.91 Å². The van der Waals surface area contributed by atoms with E-state index in [4.69, 9.17) is 16.1 Å². The molecule has 0 bridgehead atoms. The van der Waals surface area contributed by atoms with Gasteiger partial charge in [0.1, 0.15) is 5.69 Å². The van der Waals surface area contributed by atoms with Crippen LogP contribution in [0.3, 0.4) is 0 Å². The van der Waals surface area contributed by atoms with Crippen LogP contribution in [0.5, 0.6) is 0 Å². The van der Waals surface area contributed by atoms with E-state index in [0.29, 0.717) is 28.9 Å². The predicted octanol–water partition coefficient (Wildman–Crippen LogP) is 2.20. The van der Waals surface area contributed by atoms with Gasteiger partial charge in [-0.2, -0.15) is 0 Å². The summed E-state index contributed by atoms with van der Waals surface area (Å²) in [6.07, 6.45) is 1.54. The van der Waals surface area contributed by atoms with Gasteiger partial charge in [-0.05, 0) is 23.2 Å². The number of hydrogen-bond acceptors (Lipinski definition) is 7. The molecule has 1 aromatic carbocycles. The summed E-state index contributed by atoms with van der Waals surface area (Å²) in [7, 11) is 1.61. The molecule has 1 aliphatic rings. The van der Waals surface area contributed by atoms with Crippen molar-refractivity contribution in [3.8, 4) is 22.4 Å². The van der Waals surface area contributed by atoms with Crippen molar-refractivity contribution in [3.05, 3.63) is 53.3 Å². The Morgan fingerprint density at radius 3 is 2.76 bits per heavy atom. The summed E-state index contributed by atoms with van der Waals surface area (Å²) in [6, 6.07) is 8.35. The van der Waals surface area contributed by atoms with Crippen LogP contribution in [-0.2, 0) is 10.4 Å². The second-order valence-corrected chi connectivity index (χ2v) is 7.04. The molecular formula is C19H15ClN4O5. The number of aliphatic hydroxyl groups is 1. The number of nitrogens with zero attached hydrogens (tertiary/aromatic N) is 4. The number of rotatable bonds is 4. The van der Waals surface area contributed by atoms with Gasteiger partial charge in [0.05, 0.1) is 0 Å². The molecule has 0 aliphatic carbocycles. The highest BCUT2D eigenvalue weighted by Gasteiger charge is 2.48. The normalized spacial score (nSPS) is 19.0. The fourth-order valence-electron chi connectivity index (χ4n) is 3.27. The van der Waals surface area contributed by atoms with E-state index in [-0.39, 0.29) is 23.2 Å². The molecule has 10 heteroatoms. The first-order valence-electron chi connectivity index (χ1n) is 8.61. The first-order valence-corrected chi connectivity index (χ1v) is 8.99. The Labute approximate surface area is 169 Å². The maximum atomic E-state index is 12.2. The lowest BCUT2D eigenvalue weighted by Gasteiger charge is -2.16. The summed E-state index contributed by atoms with van der Waals surface area (Å²) in [5.74, 6) is -1.61. The molecule has 1 fully saturated rings. The molecule has 1 aliphatic heterocycles. The summed E-state index contributed by atoms with van der Waals surface area (Å²) in [5, 5.41) is 23.9. The molecule has 0 saturated carbocycles. The van der Waals surface area contributed by atoms with Crippen molar-refractivity contribution in [2.45, 2.75) is 12.0 Å². The number of likely N-dealkylation sites (N-methyl/N-ethyl adjacent to an activating group) is 1. The number of carbonyl (C=O) groups excluding carboxylic acids is 1. The van der Waals surface area contributed by atoms with E-state index >= 15 is 0 Å². The maximum Gasteiger partial charge on any atom is 0.355 e. The predicted molar refractivity (Wildman–Crippen MR) is 101 cm³/mol. The smallest absolute Gasteiger partial charge is 0.355 e. The van der Waals surface area contributed by atoms with E-state index in [1.807, 2.05) is 0 Å². The lowest BCUT2D eigenvalue weighted by atomic mass is 9.97. The van der Waals surface area contributed by atoms with Gasteiger partial charge < -0.3 is 19.6 Å². The minimum atomic E-state index is -1.74. The van der Waals surface area contributed by atoms with Gasteiger partial charge in [-0.15, -0.1) is 0 Å². The molecule has 2 aromatic heterocycles. The zero-order chi connectivity index (χ0) is 20.8. The fraction of sp³-hybridized carbons (Fsp3) is 0.211. The van der Waals surface area contributed by atoms with E-state index in [9.17, 15) is 19.8 Å². The largest absolute Gasteiger partial charge is 0.476 e. The highest BCUT2D eigenvalue weighted by molar-refractivity contribution is 6.28. The number of halogens is 1. The Morgan fingerprint density at radius 2 is 2.07 bits per heavy atom. The molecule has 3 heterocycles. The number of carboxylic acid groups (broad SMARTS) is 1. The maximum absolute atomic E-state index is 12.2. The van der Waals surface area contributed by atoms with Crippen LogP contribution >= 0.6 is 11.6 Å². The van der Waals surface area contributed by atoms with E-state index < -0.39 is 17.5 Å². The summed E-state index contributed by atoms with van der Waals surface area (Å²) < 4.78 is 5.26. The number of carboxylic acids is 1. The van der Waals surface area contributed by atoms with Crippen molar-refractivity contribution >= 4 is 23.5 Å². The summed E-state index contributed by atoms with van der Waals surface area (Å²) in [6.45, 7) is 0.412. The molecule has 1 unspecified atom stereocenters. The van der Waals surface area contributed by atoms with Gasteiger partial charge in [-0.25, -0.2) is 14.8 Å². The van der Waals surface area contributed by atoms with E-state index in [1.54, 1.807) is 31.3 Å². The molecule has 1 amide bonds. The lowest BCUT2D eigenvalue weighted by Crippen LogP contribution is -2.35. The minimum absolute atomic E-state index is 0.0632. The van der Waals surface area contributed by atoms with Crippen LogP contribution in [0.4, 0.5) is 0 Å². The number of carbonyl (C=O) groups is 2. The minimum Gasteiger partial charge on any atom is -0.476 e. The van der Waals surface area contributed by atoms with E-state index in [0.717, 1.165) is 0 Å². The fourth-order valence-corrected chi connectivity index (χ4v) is 3.40. The quantitative estimate of drug-likeness (QED) is 0.621. The molecule has 29 heavy (non-hydrogen) atoms. The second kappa shape index (κ2) is 6.94. The monoisotopic (exact) mass is 414 g/mol. The zero-order valence-corrected chi connectivity index (χ0v) is 15.9. The van der Waals surface area contributed by atoms with Gasteiger partial charge in [0.15, 0.2) is 11.5 Å². The van der Waals surface area contributed by atoms with Gasteiger partial charge in [-0.1, -0.05) is 23.4 Å². The molecule has 1 saturated heterocycles. The topological polar surface area (TPSA) is 130 Å². The molecule has 4 rings (SSSR count). The van der Waals surface area contributed by atoms with Crippen molar-refractivity contribution < 1.29 is 24.3 Å². The number of benzene rings is 1. The molecule has 148 valence electrons. The van der Waals surface area contributed by atoms with Crippen LogP contribution < -0.4 is 0 Å². The highest BCUT2D eigenvalue weighted by atomic mass is 35.5. The Morgan fingerprint density at radius 1 is 1.31 bits per heavy atom. The standard InChI is InChI=1S/C19H15ClN4O5/c1-24-6-5-19(28,17(24)27)14-8-13(23-29-14)11-4-2-3-10(7-11)12-9-21-18(20)22-15(12)16(25)26/h2-4,7-9,28H,5-6H2,1H3,(H,25,26). The van der Waals surface area contributed by atoms with Crippen LogP contribution in [0.2, 0.25) is 5.28 Å². The summed E-state index contributed by atoms with van der Waals surface area (Å²) in [5.41, 5.74) is -0.138. The molecule has 2 N–H and O–H groups in total. The Balaban J connectivity index is 1.72. The van der Waals surface area contributed by atoms with Crippen LogP contribution in [0, 0.1) is 0 Å². The number of hydrogen-bond donors (Lipinski definition) is 2. The molecule has 3 aromatic rings. The summed E-state index contributed by atoms with van der Waals surface area (Å²) >= 11 is 5.71.